The molecule has 0 aliphatic heterocycles. The van der Waals surface area contributed by atoms with Crippen LogP contribution in [0.5, 0.6) is 0 Å². The Balaban J connectivity index is 2.32. The number of rotatable bonds is 9. The van der Waals surface area contributed by atoms with Gasteiger partial charge in [0.05, 0.1) is 6.61 Å². The maximum Gasteiger partial charge on any atom is 0.0610 e. The summed E-state index contributed by atoms with van der Waals surface area (Å²) >= 11 is 1.95. The van der Waals surface area contributed by atoms with Crippen LogP contribution >= 0.6 is 11.8 Å². The molecule has 2 nitrogen and oxygen atoms in total. The topological polar surface area (TPSA) is 32.3 Å². The van der Waals surface area contributed by atoms with Gasteiger partial charge in [0.1, 0.15) is 0 Å². The van der Waals surface area contributed by atoms with Crippen LogP contribution in [0.2, 0.25) is 0 Å². The van der Waals surface area contributed by atoms with Gasteiger partial charge in [0.15, 0.2) is 0 Å². The highest BCUT2D eigenvalue weighted by Gasteiger charge is 2.22. The third-order valence-corrected chi connectivity index (χ3v) is 4.95. The van der Waals surface area contributed by atoms with Crippen molar-refractivity contribution < 1.29 is 5.11 Å². The van der Waals surface area contributed by atoms with Gasteiger partial charge >= 0.3 is 0 Å². The summed E-state index contributed by atoms with van der Waals surface area (Å²) in [5, 5.41) is 13.0. The predicted molar refractivity (Wildman–Crippen MR) is 94.3 cm³/mol. The van der Waals surface area contributed by atoms with E-state index >= 15 is 0 Å². The van der Waals surface area contributed by atoms with E-state index in [1.807, 2.05) is 11.8 Å². The summed E-state index contributed by atoms with van der Waals surface area (Å²) in [7, 11) is 0. The van der Waals surface area contributed by atoms with Crippen LogP contribution in [0.3, 0.4) is 0 Å². The van der Waals surface area contributed by atoms with Crippen molar-refractivity contribution in [3.63, 3.8) is 0 Å². The molecule has 0 fully saturated rings. The van der Waals surface area contributed by atoms with Gasteiger partial charge in [-0.1, -0.05) is 38.0 Å². The third kappa shape index (κ3) is 6.86. The number of thioether (sulfide) groups is 1. The van der Waals surface area contributed by atoms with E-state index in [1.165, 1.54) is 22.4 Å². The number of aliphatic hydroxyl groups is 1. The Morgan fingerprint density at radius 1 is 1.24 bits per heavy atom. The molecule has 21 heavy (non-hydrogen) atoms. The van der Waals surface area contributed by atoms with E-state index in [4.69, 9.17) is 0 Å². The standard InChI is InChI=1S/C18H31NOS/c1-14(2)19-18(5,13-20)10-6-7-11-21-17-12-15(3)8-9-16(17)4/h8-9,12,14,19-20H,6-7,10-11,13H2,1-5H3. The number of unbranched alkanes of at least 4 members (excludes halogenated alkanes) is 1. The number of aryl methyl sites for hydroxylation is 2. The van der Waals surface area contributed by atoms with E-state index in [0.29, 0.717) is 6.04 Å². The SMILES string of the molecule is Cc1ccc(C)c(SCCCCC(C)(CO)NC(C)C)c1. The fourth-order valence-electron chi connectivity index (χ4n) is 2.56. The second-order valence-corrected chi connectivity index (χ2v) is 7.73. The second kappa shape index (κ2) is 8.82. The first-order valence-corrected chi connectivity index (χ1v) is 8.93. The summed E-state index contributed by atoms with van der Waals surface area (Å²) in [5.74, 6) is 1.15. The maximum atomic E-state index is 9.57. The van der Waals surface area contributed by atoms with Gasteiger partial charge in [0, 0.05) is 16.5 Å². The second-order valence-electron chi connectivity index (χ2n) is 6.59. The number of aliphatic hydroxyl groups excluding tert-OH is 1. The number of hydrogen-bond donors (Lipinski definition) is 2. The Kier molecular flexibility index (Phi) is 7.78. The molecule has 1 aromatic rings. The molecular formula is C18H31NOS. The minimum absolute atomic E-state index is 0.141. The van der Waals surface area contributed by atoms with E-state index < -0.39 is 0 Å². The van der Waals surface area contributed by atoms with Gasteiger partial charge in [0.25, 0.3) is 0 Å². The molecular weight excluding hydrogens is 278 g/mol. The van der Waals surface area contributed by atoms with Gasteiger partial charge in [-0.3, -0.25) is 0 Å². The van der Waals surface area contributed by atoms with Crippen molar-refractivity contribution in [2.75, 3.05) is 12.4 Å². The zero-order chi connectivity index (χ0) is 15.9. The van der Waals surface area contributed by atoms with E-state index in [9.17, 15) is 5.11 Å². The minimum atomic E-state index is -0.141. The van der Waals surface area contributed by atoms with Gasteiger partial charge in [-0.25, -0.2) is 0 Å². The molecule has 120 valence electrons. The normalized spacial score (nSPS) is 14.4. The zero-order valence-corrected chi connectivity index (χ0v) is 15.0. The summed E-state index contributed by atoms with van der Waals surface area (Å²) in [4.78, 5) is 1.40. The van der Waals surface area contributed by atoms with Gasteiger partial charge in [-0.05, 0) is 51.0 Å². The van der Waals surface area contributed by atoms with Gasteiger partial charge < -0.3 is 10.4 Å². The molecule has 0 heterocycles. The Morgan fingerprint density at radius 3 is 2.57 bits per heavy atom. The fraction of sp³-hybridized carbons (Fsp3) is 0.667. The van der Waals surface area contributed by atoms with Crippen LogP contribution in [0.15, 0.2) is 23.1 Å². The van der Waals surface area contributed by atoms with Crippen molar-refractivity contribution in [2.24, 2.45) is 0 Å². The Labute approximate surface area is 134 Å². The fourth-order valence-corrected chi connectivity index (χ4v) is 3.69. The highest BCUT2D eigenvalue weighted by molar-refractivity contribution is 7.99. The first kappa shape index (κ1) is 18.5. The lowest BCUT2D eigenvalue weighted by atomic mass is 9.95. The molecule has 0 amide bonds. The van der Waals surface area contributed by atoms with Crippen LogP contribution in [0.1, 0.15) is 51.2 Å². The van der Waals surface area contributed by atoms with Crippen LogP contribution in [0, 0.1) is 13.8 Å². The molecule has 0 saturated carbocycles. The molecule has 1 aromatic carbocycles. The van der Waals surface area contributed by atoms with Gasteiger partial charge in [0.2, 0.25) is 0 Å². The molecule has 0 aliphatic carbocycles. The van der Waals surface area contributed by atoms with Crippen LogP contribution in [-0.4, -0.2) is 29.0 Å². The van der Waals surface area contributed by atoms with Crippen LogP contribution in [-0.2, 0) is 0 Å². The molecule has 0 aromatic heterocycles. The number of hydrogen-bond acceptors (Lipinski definition) is 3. The molecule has 1 atom stereocenters. The number of benzene rings is 1. The Morgan fingerprint density at radius 2 is 1.95 bits per heavy atom. The number of nitrogens with one attached hydrogen (secondary N) is 1. The monoisotopic (exact) mass is 309 g/mol. The molecule has 0 aliphatic rings. The highest BCUT2D eigenvalue weighted by Crippen LogP contribution is 2.25. The Hall–Kier alpha value is -0.510. The quantitative estimate of drug-likeness (QED) is 0.526. The summed E-state index contributed by atoms with van der Waals surface area (Å²) in [6, 6.07) is 7.06. The first-order chi connectivity index (χ1) is 9.86. The molecule has 0 bridgehead atoms. The average molecular weight is 310 g/mol. The summed E-state index contributed by atoms with van der Waals surface area (Å²) in [6.45, 7) is 10.9. The van der Waals surface area contributed by atoms with Crippen LogP contribution in [0.25, 0.3) is 0 Å². The average Bonchev–Trinajstić information content (AvgIpc) is 2.41. The van der Waals surface area contributed by atoms with Crippen molar-refractivity contribution in [1.82, 2.24) is 5.32 Å². The van der Waals surface area contributed by atoms with Crippen molar-refractivity contribution >= 4 is 11.8 Å². The summed E-state index contributed by atoms with van der Waals surface area (Å²) in [6.07, 6.45) is 3.36. The van der Waals surface area contributed by atoms with Crippen molar-refractivity contribution in [1.29, 1.82) is 0 Å². The van der Waals surface area contributed by atoms with Crippen molar-refractivity contribution in [3.8, 4) is 0 Å². The van der Waals surface area contributed by atoms with Gasteiger partial charge in [-0.2, -0.15) is 0 Å². The lowest BCUT2D eigenvalue weighted by molar-refractivity contribution is 0.154. The molecule has 0 spiro atoms. The maximum absolute atomic E-state index is 9.57. The molecule has 2 N–H and O–H groups in total. The predicted octanol–water partition coefficient (Wildman–Crippen LogP) is 4.31. The lowest BCUT2D eigenvalue weighted by Gasteiger charge is -2.31. The smallest absolute Gasteiger partial charge is 0.0610 e. The summed E-state index contributed by atoms with van der Waals surface area (Å²) in [5.41, 5.74) is 2.56. The third-order valence-electron chi connectivity index (χ3n) is 3.71. The van der Waals surface area contributed by atoms with E-state index in [0.717, 1.165) is 18.6 Å². The molecule has 3 heteroatoms. The van der Waals surface area contributed by atoms with E-state index in [2.05, 4.69) is 58.1 Å². The van der Waals surface area contributed by atoms with Crippen molar-refractivity contribution in [2.45, 2.75) is 70.4 Å². The lowest BCUT2D eigenvalue weighted by Crippen LogP contribution is -2.49. The molecule has 0 radical (unpaired) electrons. The van der Waals surface area contributed by atoms with Crippen LogP contribution in [0.4, 0.5) is 0 Å². The van der Waals surface area contributed by atoms with E-state index in [-0.39, 0.29) is 12.1 Å². The first-order valence-electron chi connectivity index (χ1n) is 7.95. The molecule has 1 rings (SSSR count). The van der Waals surface area contributed by atoms with Gasteiger partial charge in [-0.15, -0.1) is 11.8 Å². The molecule has 0 saturated heterocycles. The van der Waals surface area contributed by atoms with Crippen LogP contribution < -0.4 is 5.32 Å². The summed E-state index contributed by atoms with van der Waals surface area (Å²) < 4.78 is 0. The minimum Gasteiger partial charge on any atom is -0.394 e. The van der Waals surface area contributed by atoms with Crippen molar-refractivity contribution in [3.05, 3.63) is 29.3 Å². The molecule has 1 unspecified atom stereocenters. The Bertz CT molecular complexity index is 433. The largest absolute Gasteiger partial charge is 0.394 e. The zero-order valence-electron chi connectivity index (χ0n) is 14.2. The highest BCUT2D eigenvalue weighted by atomic mass is 32.2. The van der Waals surface area contributed by atoms with E-state index in [1.54, 1.807) is 0 Å².